The maximum Gasteiger partial charge on any atom is 0.0635 e. The monoisotopic (exact) mass is 157 g/mol. The first-order valence-corrected chi connectivity index (χ1v) is 3.68. The first-order chi connectivity index (χ1) is 4.80. The fourth-order valence-corrected chi connectivity index (χ4v) is 0.611. The summed E-state index contributed by atoms with van der Waals surface area (Å²) in [6.45, 7) is 4.00. The number of hydrogen-bond donors (Lipinski definition) is 1. The molecule has 10 heavy (non-hydrogen) atoms. The first-order valence-electron chi connectivity index (χ1n) is 3.31. The standard InChI is InChI=1S/C6H6ClN.C2H6/c7-5-3-1-2-4-6(5)8;1-2/h1-4H,8H2;1-2H3. The number of halogens is 1. The van der Waals surface area contributed by atoms with Gasteiger partial charge in [-0.15, -0.1) is 0 Å². The maximum absolute atomic E-state index is 5.58. The van der Waals surface area contributed by atoms with Gasteiger partial charge in [0, 0.05) is 0 Å². The van der Waals surface area contributed by atoms with Gasteiger partial charge < -0.3 is 5.73 Å². The van der Waals surface area contributed by atoms with Gasteiger partial charge in [-0.1, -0.05) is 37.6 Å². The third kappa shape index (κ3) is 2.74. The van der Waals surface area contributed by atoms with Crippen molar-refractivity contribution in [2.45, 2.75) is 13.8 Å². The van der Waals surface area contributed by atoms with Crippen molar-refractivity contribution in [3.8, 4) is 0 Å². The van der Waals surface area contributed by atoms with E-state index in [1.165, 1.54) is 0 Å². The lowest BCUT2D eigenvalue weighted by Crippen LogP contribution is -1.82. The summed E-state index contributed by atoms with van der Waals surface area (Å²) in [5.41, 5.74) is 6.02. The molecule has 0 fully saturated rings. The Labute approximate surface area is 66.8 Å². The molecule has 0 aliphatic carbocycles. The summed E-state index contributed by atoms with van der Waals surface area (Å²) in [7, 11) is 0. The van der Waals surface area contributed by atoms with Crippen molar-refractivity contribution in [1.29, 1.82) is 0 Å². The van der Waals surface area contributed by atoms with Crippen molar-refractivity contribution in [3.63, 3.8) is 0 Å². The second-order valence-corrected chi connectivity index (χ2v) is 1.93. The highest BCUT2D eigenvalue weighted by molar-refractivity contribution is 6.33. The van der Waals surface area contributed by atoms with Gasteiger partial charge in [-0.2, -0.15) is 0 Å². The lowest BCUT2D eigenvalue weighted by molar-refractivity contribution is 1.50. The Morgan fingerprint density at radius 2 is 1.70 bits per heavy atom. The Bertz CT molecular complexity index is 165. The van der Waals surface area contributed by atoms with Crippen molar-refractivity contribution in [2.24, 2.45) is 0 Å². The number of rotatable bonds is 0. The number of nitrogen functional groups attached to an aromatic ring is 1. The zero-order chi connectivity index (χ0) is 7.98. The van der Waals surface area contributed by atoms with Crippen molar-refractivity contribution < 1.29 is 0 Å². The van der Waals surface area contributed by atoms with Crippen LogP contribution in [-0.2, 0) is 0 Å². The van der Waals surface area contributed by atoms with Crippen molar-refractivity contribution in [2.75, 3.05) is 5.73 Å². The first kappa shape index (κ1) is 9.31. The molecule has 2 heteroatoms. The number of benzene rings is 1. The van der Waals surface area contributed by atoms with E-state index < -0.39 is 0 Å². The summed E-state index contributed by atoms with van der Waals surface area (Å²) in [5.74, 6) is 0. The minimum atomic E-state index is 0.618. The predicted octanol–water partition coefficient (Wildman–Crippen LogP) is 2.95. The lowest BCUT2D eigenvalue weighted by Gasteiger charge is -1.91. The van der Waals surface area contributed by atoms with Crippen LogP contribution in [0.5, 0.6) is 0 Å². The summed E-state index contributed by atoms with van der Waals surface area (Å²) in [4.78, 5) is 0. The van der Waals surface area contributed by atoms with Crippen LogP contribution in [0, 0.1) is 0 Å². The molecule has 0 aliphatic heterocycles. The second kappa shape index (κ2) is 5.12. The number of nitrogens with two attached hydrogens (primary N) is 1. The fraction of sp³-hybridized carbons (Fsp3) is 0.250. The highest BCUT2D eigenvalue weighted by Gasteiger charge is 1.87. The molecular formula is C8H12ClN. The van der Waals surface area contributed by atoms with Gasteiger partial charge in [0.1, 0.15) is 0 Å². The second-order valence-electron chi connectivity index (χ2n) is 1.52. The van der Waals surface area contributed by atoms with Crippen LogP contribution in [0.1, 0.15) is 13.8 Å². The molecule has 56 valence electrons. The van der Waals surface area contributed by atoms with E-state index in [1.54, 1.807) is 12.1 Å². The molecule has 0 aromatic heterocycles. The SMILES string of the molecule is CC.Nc1ccccc1Cl. The highest BCUT2D eigenvalue weighted by atomic mass is 35.5. The smallest absolute Gasteiger partial charge is 0.0635 e. The molecule has 1 aromatic rings. The van der Waals surface area contributed by atoms with E-state index in [2.05, 4.69) is 0 Å². The molecule has 0 radical (unpaired) electrons. The molecule has 0 unspecified atom stereocenters. The maximum atomic E-state index is 5.58. The lowest BCUT2D eigenvalue weighted by atomic mass is 10.3. The summed E-state index contributed by atoms with van der Waals surface area (Å²) in [5, 5.41) is 0.618. The predicted molar refractivity (Wildman–Crippen MR) is 47.2 cm³/mol. The number of anilines is 1. The molecule has 0 atom stereocenters. The van der Waals surface area contributed by atoms with Gasteiger partial charge in [0.2, 0.25) is 0 Å². The molecule has 0 saturated heterocycles. The largest absolute Gasteiger partial charge is 0.398 e. The Balaban J connectivity index is 0.000000371. The van der Waals surface area contributed by atoms with E-state index in [4.69, 9.17) is 17.3 Å². The average molecular weight is 158 g/mol. The summed E-state index contributed by atoms with van der Waals surface area (Å²) < 4.78 is 0. The topological polar surface area (TPSA) is 26.0 Å². The van der Waals surface area contributed by atoms with E-state index in [-0.39, 0.29) is 0 Å². The fourth-order valence-electron chi connectivity index (χ4n) is 0.475. The van der Waals surface area contributed by atoms with E-state index >= 15 is 0 Å². The van der Waals surface area contributed by atoms with Crippen LogP contribution in [0.3, 0.4) is 0 Å². The van der Waals surface area contributed by atoms with Crippen LogP contribution >= 0.6 is 11.6 Å². The molecule has 0 amide bonds. The molecule has 0 aliphatic rings. The van der Waals surface area contributed by atoms with E-state index in [0.29, 0.717) is 10.7 Å². The van der Waals surface area contributed by atoms with Crippen LogP contribution in [0.25, 0.3) is 0 Å². The van der Waals surface area contributed by atoms with Gasteiger partial charge in [-0.05, 0) is 12.1 Å². The summed E-state index contributed by atoms with van der Waals surface area (Å²) in [6.07, 6.45) is 0. The Morgan fingerprint density at radius 3 is 2.00 bits per heavy atom. The van der Waals surface area contributed by atoms with Gasteiger partial charge in [-0.25, -0.2) is 0 Å². The van der Waals surface area contributed by atoms with Gasteiger partial charge in [0.15, 0.2) is 0 Å². The highest BCUT2D eigenvalue weighted by Crippen LogP contribution is 2.15. The van der Waals surface area contributed by atoms with Crippen LogP contribution in [-0.4, -0.2) is 0 Å². The van der Waals surface area contributed by atoms with E-state index in [1.807, 2.05) is 26.0 Å². The van der Waals surface area contributed by atoms with Gasteiger partial charge in [0.05, 0.1) is 10.7 Å². The van der Waals surface area contributed by atoms with E-state index in [0.717, 1.165) is 0 Å². The Hall–Kier alpha value is -0.690. The zero-order valence-corrected chi connectivity index (χ0v) is 7.02. The molecule has 0 heterocycles. The van der Waals surface area contributed by atoms with Gasteiger partial charge in [-0.3, -0.25) is 0 Å². The van der Waals surface area contributed by atoms with E-state index in [9.17, 15) is 0 Å². The molecule has 1 rings (SSSR count). The minimum absolute atomic E-state index is 0.618. The molecule has 0 spiro atoms. The molecule has 1 aromatic carbocycles. The van der Waals surface area contributed by atoms with Crippen LogP contribution in [0.15, 0.2) is 24.3 Å². The normalized spacial score (nSPS) is 7.90. The molecule has 2 N–H and O–H groups in total. The van der Waals surface area contributed by atoms with Crippen molar-refractivity contribution in [3.05, 3.63) is 29.3 Å². The molecule has 0 bridgehead atoms. The van der Waals surface area contributed by atoms with Crippen LogP contribution in [0.2, 0.25) is 5.02 Å². The third-order valence-electron chi connectivity index (χ3n) is 0.905. The quantitative estimate of drug-likeness (QED) is 0.576. The minimum Gasteiger partial charge on any atom is -0.398 e. The van der Waals surface area contributed by atoms with Crippen molar-refractivity contribution in [1.82, 2.24) is 0 Å². The van der Waals surface area contributed by atoms with Crippen LogP contribution < -0.4 is 5.73 Å². The zero-order valence-electron chi connectivity index (χ0n) is 6.26. The molecular weight excluding hydrogens is 146 g/mol. The molecule has 0 saturated carbocycles. The van der Waals surface area contributed by atoms with Gasteiger partial charge >= 0.3 is 0 Å². The molecule has 1 nitrogen and oxygen atoms in total. The van der Waals surface area contributed by atoms with Crippen molar-refractivity contribution >= 4 is 17.3 Å². The summed E-state index contributed by atoms with van der Waals surface area (Å²) >= 11 is 5.58. The Morgan fingerprint density at radius 1 is 1.20 bits per heavy atom. The van der Waals surface area contributed by atoms with Gasteiger partial charge in [0.25, 0.3) is 0 Å². The number of hydrogen-bond acceptors (Lipinski definition) is 1. The summed E-state index contributed by atoms with van der Waals surface area (Å²) in [6, 6.07) is 7.22. The number of para-hydroxylation sites is 1. The average Bonchev–Trinajstić information content (AvgIpc) is 2.00. The Kier molecular flexibility index (Phi) is 4.77. The van der Waals surface area contributed by atoms with Crippen LogP contribution in [0.4, 0.5) is 5.69 Å². The third-order valence-corrected chi connectivity index (χ3v) is 1.25.